The van der Waals surface area contributed by atoms with Gasteiger partial charge in [0.15, 0.2) is 0 Å². The molecule has 2 aliphatic rings. The average Bonchev–Trinajstić information content (AvgIpc) is 2.47. The van der Waals surface area contributed by atoms with Crippen LogP contribution >= 0.6 is 0 Å². The third kappa shape index (κ3) is 2.99. The summed E-state index contributed by atoms with van der Waals surface area (Å²) in [5.74, 6) is 0. The van der Waals surface area contributed by atoms with E-state index in [0.29, 0.717) is 0 Å². The summed E-state index contributed by atoms with van der Waals surface area (Å²) in [6, 6.07) is 0. The van der Waals surface area contributed by atoms with Crippen molar-refractivity contribution in [3.63, 3.8) is 0 Å². The van der Waals surface area contributed by atoms with E-state index in [1.165, 1.54) is 70.6 Å². The first-order valence-corrected chi connectivity index (χ1v) is 9.91. The number of hydrogen-bond donors (Lipinski definition) is 0. The molecule has 0 bridgehead atoms. The molecule has 0 aromatic heterocycles. The molecule has 18 heavy (non-hydrogen) atoms. The molecule has 2 nitrogen and oxygen atoms in total. The van der Waals surface area contributed by atoms with Gasteiger partial charge < -0.3 is 8.85 Å². The van der Waals surface area contributed by atoms with E-state index < -0.39 is 8.56 Å². The molecule has 0 N–H and O–H groups in total. The molecular formula is C15H30O2Si. The topological polar surface area (TPSA) is 18.5 Å². The largest absolute Gasteiger partial charge is 0.397 e. The fourth-order valence-electron chi connectivity index (χ4n) is 3.93. The second kappa shape index (κ2) is 7.06. The molecule has 2 saturated carbocycles. The molecule has 0 amide bonds. The summed E-state index contributed by atoms with van der Waals surface area (Å²) in [7, 11) is 1.90. The van der Waals surface area contributed by atoms with Gasteiger partial charge in [-0.15, -0.1) is 0 Å². The summed E-state index contributed by atoms with van der Waals surface area (Å²) in [6.07, 6.45) is 15.3. The zero-order valence-corrected chi connectivity index (χ0v) is 13.2. The van der Waals surface area contributed by atoms with Crippen LogP contribution in [0.2, 0.25) is 11.1 Å². The molecule has 3 heteroatoms. The quantitative estimate of drug-likeness (QED) is 0.684. The molecule has 106 valence electrons. The Kier molecular flexibility index (Phi) is 5.71. The van der Waals surface area contributed by atoms with Gasteiger partial charge in [-0.25, -0.2) is 0 Å². The first kappa shape index (κ1) is 14.5. The van der Waals surface area contributed by atoms with Crippen molar-refractivity contribution < 1.29 is 8.85 Å². The molecule has 2 rings (SSSR count). The Balaban J connectivity index is 2.05. The van der Waals surface area contributed by atoms with Crippen LogP contribution in [0.25, 0.3) is 0 Å². The van der Waals surface area contributed by atoms with Crippen LogP contribution in [0, 0.1) is 0 Å². The highest BCUT2D eigenvalue weighted by Gasteiger charge is 2.52. The minimum atomic E-state index is -1.94. The zero-order chi connectivity index (χ0) is 12.8. The van der Waals surface area contributed by atoms with Gasteiger partial charge in [0.1, 0.15) is 0 Å². The lowest BCUT2D eigenvalue weighted by molar-refractivity contribution is 0.189. The van der Waals surface area contributed by atoms with E-state index in [-0.39, 0.29) is 0 Å². The van der Waals surface area contributed by atoms with Crippen LogP contribution in [0.1, 0.15) is 70.6 Å². The van der Waals surface area contributed by atoms with Crippen molar-refractivity contribution in [2.75, 3.05) is 14.2 Å². The lowest BCUT2D eigenvalue weighted by Crippen LogP contribution is -2.51. The number of rotatable bonds is 4. The van der Waals surface area contributed by atoms with Crippen molar-refractivity contribution in [3.8, 4) is 0 Å². The van der Waals surface area contributed by atoms with Gasteiger partial charge in [-0.3, -0.25) is 0 Å². The molecule has 0 saturated heterocycles. The van der Waals surface area contributed by atoms with Crippen molar-refractivity contribution >= 4 is 8.56 Å². The maximum Gasteiger partial charge on any atom is 0.344 e. The SMILES string of the molecule is CO[Si](OC)(C1CCCCCCCC1)C1CCC1. The number of hydrogen-bond acceptors (Lipinski definition) is 2. The van der Waals surface area contributed by atoms with Crippen molar-refractivity contribution in [2.45, 2.75) is 81.7 Å². The molecule has 0 aromatic carbocycles. The van der Waals surface area contributed by atoms with Crippen LogP contribution in [0.3, 0.4) is 0 Å². The third-order valence-electron chi connectivity index (χ3n) is 5.24. The smallest absolute Gasteiger partial charge is 0.344 e. The molecule has 0 atom stereocenters. The van der Waals surface area contributed by atoms with Gasteiger partial charge in [0.2, 0.25) is 0 Å². The van der Waals surface area contributed by atoms with E-state index >= 15 is 0 Å². The Labute approximate surface area is 114 Å². The zero-order valence-electron chi connectivity index (χ0n) is 12.2. The minimum Gasteiger partial charge on any atom is -0.397 e. The summed E-state index contributed by atoms with van der Waals surface area (Å²) in [6.45, 7) is 0. The summed E-state index contributed by atoms with van der Waals surface area (Å²) < 4.78 is 12.2. The van der Waals surface area contributed by atoms with Crippen LogP contribution < -0.4 is 0 Å². The highest BCUT2D eigenvalue weighted by molar-refractivity contribution is 6.70. The van der Waals surface area contributed by atoms with Crippen molar-refractivity contribution in [3.05, 3.63) is 0 Å². The Bertz CT molecular complexity index is 227. The highest BCUT2D eigenvalue weighted by Crippen LogP contribution is 2.50. The van der Waals surface area contributed by atoms with E-state index in [4.69, 9.17) is 8.85 Å². The molecule has 0 unspecified atom stereocenters. The monoisotopic (exact) mass is 270 g/mol. The molecule has 0 heterocycles. The van der Waals surface area contributed by atoms with E-state index in [1.807, 2.05) is 14.2 Å². The Morgan fingerprint density at radius 1 is 0.611 bits per heavy atom. The van der Waals surface area contributed by atoms with Crippen LogP contribution in [0.5, 0.6) is 0 Å². The average molecular weight is 270 g/mol. The van der Waals surface area contributed by atoms with Gasteiger partial charge in [0, 0.05) is 25.3 Å². The second-order valence-corrected chi connectivity index (χ2v) is 10.0. The van der Waals surface area contributed by atoms with Crippen molar-refractivity contribution in [1.82, 2.24) is 0 Å². The predicted octanol–water partition coefficient (Wildman–Crippen LogP) is 4.78. The predicted molar refractivity (Wildman–Crippen MR) is 78.1 cm³/mol. The lowest BCUT2D eigenvalue weighted by atomic mass is 10.00. The van der Waals surface area contributed by atoms with Crippen LogP contribution in [0.15, 0.2) is 0 Å². The minimum absolute atomic E-state index is 0.746. The first-order valence-electron chi connectivity index (χ1n) is 7.94. The lowest BCUT2D eigenvalue weighted by Gasteiger charge is -2.45. The van der Waals surface area contributed by atoms with Crippen LogP contribution in [0.4, 0.5) is 0 Å². The standard InChI is InChI=1S/C15H30O2Si/c1-16-18(17-2,15-12-9-13-15)14-10-7-5-3-4-6-8-11-14/h14-15H,3-13H2,1-2H3. The highest BCUT2D eigenvalue weighted by atomic mass is 28.4. The van der Waals surface area contributed by atoms with Gasteiger partial charge in [0.25, 0.3) is 0 Å². The summed E-state index contributed by atoms with van der Waals surface area (Å²) in [5, 5.41) is 0. The molecule has 0 radical (unpaired) electrons. The van der Waals surface area contributed by atoms with Crippen molar-refractivity contribution in [2.24, 2.45) is 0 Å². The van der Waals surface area contributed by atoms with E-state index in [0.717, 1.165) is 11.1 Å². The molecule has 0 spiro atoms. The molecule has 2 fully saturated rings. The van der Waals surface area contributed by atoms with Crippen LogP contribution in [-0.4, -0.2) is 22.8 Å². The molecular weight excluding hydrogens is 240 g/mol. The van der Waals surface area contributed by atoms with Gasteiger partial charge >= 0.3 is 8.56 Å². The molecule has 2 aliphatic carbocycles. The maximum absolute atomic E-state index is 6.08. The second-order valence-electron chi connectivity index (χ2n) is 6.15. The normalized spacial score (nSPS) is 25.0. The Morgan fingerprint density at radius 3 is 1.33 bits per heavy atom. The van der Waals surface area contributed by atoms with E-state index in [1.54, 1.807) is 0 Å². The van der Waals surface area contributed by atoms with E-state index in [9.17, 15) is 0 Å². The van der Waals surface area contributed by atoms with Gasteiger partial charge in [-0.05, 0) is 25.7 Å². The van der Waals surface area contributed by atoms with Crippen molar-refractivity contribution in [1.29, 1.82) is 0 Å². The molecule has 0 aromatic rings. The maximum atomic E-state index is 6.08. The Morgan fingerprint density at radius 2 is 1.00 bits per heavy atom. The fraction of sp³-hybridized carbons (Fsp3) is 1.00. The van der Waals surface area contributed by atoms with Gasteiger partial charge in [-0.1, -0.05) is 44.9 Å². The first-order chi connectivity index (χ1) is 8.83. The summed E-state index contributed by atoms with van der Waals surface area (Å²) in [4.78, 5) is 0. The third-order valence-corrected chi connectivity index (χ3v) is 9.94. The summed E-state index contributed by atoms with van der Waals surface area (Å²) >= 11 is 0. The van der Waals surface area contributed by atoms with Gasteiger partial charge in [-0.2, -0.15) is 0 Å². The fourth-order valence-corrected chi connectivity index (χ4v) is 8.52. The Hall–Kier alpha value is 0.137. The molecule has 0 aliphatic heterocycles. The summed E-state index contributed by atoms with van der Waals surface area (Å²) in [5.41, 5.74) is 1.52. The van der Waals surface area contributed by atoms with Gasteiger partial charge in [0.05, 0.1) is 0 Å². The van der Waals surface area contributed by atoms with E-state index in [2.05, 4.69) is 0 Å². The van der Waals surface area contributed by atoms with Crippen LogP contribution in [-0.2, 0) is 8.85 Å².